The number of hydrogen-bond acceptors (Lipinski definition) is 3. The van der Waals surface area contributed by atoms with E-state index in [0.717, 1.165) is 53.2 Å². The molecule has 1 aliphatic heterocycles. The average Bonchev–Trinajstić information content (AvgIpc) is 3.44. The van der Waals surface area contributed by atoms with Gasteiger partial charge in [0, 0.05) is 22.7 Å². The van der Waals surface area contributed by atoms with Crippen LogP contribution in [-0.2, 0) is 10.0 Å². The largest absolute Gasteiger partial charge is 0.361 e. The molecule has 1 atom stereocenters. The number of likely N-dealkylation sites (tertiary alicyclic amines) is 1. The van der Waals surface area contributed by atoms with Crippen molar-refractivity contribution in [2.24, 2.45) is 0 Å². The van der Waals surface area contributed by atoms with Crippen molar-refractivity contribution in [2.75, 3.05) is 13.1 Å². The van der Waals surface area contributed by atoms with Crippen LogP contribution in [0.3, 0.4) is 0 Å². The molecule has 154 valence electrons. The van der Waals surface area contributed by atoms with Gasteiger partial charge >= 0.3 is 0 Å². The lowest BCUT2D eigenvalue weighted by Crippen LogP contribution is -2.44. The van der Waals surface area contributed by atoms with Gasteiger partial charge < -0.3 is 4.98 Å². The molecule has 5 nitrogen and oxygen atoms in total. The zero-order valence-electron chi connectivity index (χ0n) is 16.9. The van der Waals surface area contributed by atoms with E-state index in [2.05, 4.69) is 14.6 Å². The van der Waals surface area contributed by atoms with Gasteiger partial charge in [0.15, 0.2) is 0 Å². The third kappa shape index (κ3) is 3.41. The van der Waals surface area contributed by atoms with Crippen molar-refractivity contribution >= 4 is 31.7 Å². The topological polar surface area (TPSA) is 65.2 Å². The number of hydrogen-bond donors (Lipinski definition) is 2. The highest BCUT2D eigenvalue weighted by molar-refractivity contribution is 7.90. The number of nitrogens with one attached hydrogen (secondary N) is 2. The molecule has 1 aliphatic rings. The van der Waals surface area contributed by atoms with E-state index in [-0.39, 0.29) is 6.17 Å². The number of benzene rings is 3. The molecule has 1 saturated heterocycles. The molecule has 30 heavy (non-hydrogen) atoms. The summed E-state index contributed by atoms with van der Waals surface area (Å²) in [6.07, 6.45) is 3.88. The minimum absolute atomic E-state index is 0.241. The zero-order chi connectivity index (χ0) is 20.7. The summed E-state index contributed by atoms with van der Waals surface area (Å²) < 4.78 is 30.3. The number of rotatable bonds is 5. The second kappa shape index (κ2) is 7.54. The molecule has 6 heteroatoms. The molecule has 1 fully saturated rings. The first kappa shape index (κ1) is 19.3. The molecule has 0 aliphatic carbocycles. The van der Waals surface area contributed by atoms with Crippen molar-refractivity contribution in [3.8, 4) is 11.1 Å². The van der Waals surface area contributed by atoms with E-state index < -0.39 is 10.0 Å². The Kier molecular flexibility index (Phi) is 4.85. The fourth-order valence-electron chi connectivity index (χ4n) is 4.46. The van der Waals surface area contributed by atoms with Gasteiger partial charge in [-0.15, -0.1) is 0 Å². The van der Waals surface area contributed by atoms with Crippen LogP contribution in [0.2, 0.25) is 0 Å². The number of nitrogens with zero attached hydrogens (tertiary/aromatic N) is 1. The monoisotopic (exact) mass is 419 g/mol. The predicted molar refractivity (Wildman–Crippen MR) is 122 cm³/mol. The van der Waals surface area contributed by atoms with Gasteiger partial charge in [0.1, 0.15) is 0 Å². The molecule has 1 unspecified atom stereocenters. The number of aromatic nitrogens is 1. The van der Waals surface area contributed by atoms with Crippen molar-refractivity contribution in [1.29, 1.82) is 0 Å². The molecule has 5 rings (SSSR count). The van der Waals surface area contributed by atoms with E-state index in [1.807, 2.05) is 73.8 Å². The zero-order valence-corrected chi connectivity index (χ0v) is 17.7. The first-order valence-corrected chi connectivity index (χ1v) is 11.9. The molecular weight excluding hydrogens is 394 g/mol. The van der Waals surface area contributed by atoms with Gasteiger partial charge in [0.25, 0.3) is 0 Å². The normalized spacial score (nSPS) is 16.4. The molecule has 2 heterocycles. The van der Waals surface area contributed by atoms with E-state index in [1.54, 1.807) is 0 Å². The maximum atomic E-state index is 13.7. The van der Waals surface area contributed by atoms with Gasteiger partial charge in [-0.1, -0.05) is 48.5 Å². The second-order valence-electron chi connectivity index (χ2n) is 7.98. The van der Waals surface area contributed by atoms with Crippen molar-refractivity contribution in [3.63, 3.8) is 0 Å². The maximum absolute atomic E-state index is 13.7. The van der Waals surface area contributed by atoms with Crippen molar-refractivity contribution in [2.45, 2.75) is 30.8 Å². The molecule has 1 aromatic heterocycles. The number of aromatic amines is 1. The summed E-state index contributed by atoms with van der Waals surface area (Å²) in [5, 5.41) is 2.75. The SMILES string of the molecule is CC(NS(=O)(=O)c1c(-c2ccc3cc[nH]c3c2)ccc2ccccc12)N1CCCC1. The smallest absolute Gasteiger partial charge is 0.243 e. The molecule has 0 spiro atoms. The van der Waals surface area contributed by atoms with Crippen LogP contribution in [0.15, 0.2) is 71.8 Å². The maximum Gasteiger partial charge on any atom is 0.243 e. The summed E-state index contributed by atoms with van der Waals surface area (Å²) in [5.74, 6) is 0. The van der Waals surface area contributed by atoms with Crippen molar-refractivity contribution < 1.29 is 8.42 Å². The summed E-state index contributed by atoms with van der Waals surface area (Å²) in [6.45, 7) is 3.78. The van der Waals surface area contributed by atoms with Crippen LogP contribution in [-0.4, -0.2) is 37.6 Å². The standard InChI is InChI=1S/C24H25N3O2S/c1-17(27-14-4-5-15-27)26-30(28,29)24-21-7-3-2-6-18(21)10-11-22(24)20-9-8-19-12-13-25-23(19)16-20/h2-3,6-13,16-17,25-26H,4-5,14-15H2,1H3. The minimum atomic E-state index is -3.74. The summed E-state index contributed by atoms with van der Waals surface area (Å²) in [7, 11) is -3.74. The van der Waals surface area contributed by atoms with Crippen LogP contribution in [0.1, 0.15) is 19.8 Å². The first-order chi connectivity index (χ1) is 14.5. The summed E-state index contributed by atoms with van der Waals surface area (Å²) in [5.41, 5.74) is 2.58. The van der Waals surface area contributed by atoms with Crippen molar-refractivity contribution in [1.82, 2.24) is 14.6 Å². The Hall–Kier alpha value is -2.67. The molecule has 0 bridgehead atoms. The average molecular weight is 420 g/mol. The van der Waals surface area contributed by atoms with Crippen LogP contribution in [0, 0.1) is 0 Å². The summed E-state index contributed by atoms with van der Waals surface area (Å²) in [6, 6.07) is 19.6. The molecule has 0 amide bonds. The lowest BCUT2D eigenvalue weighted by atomic mass is 10.0. The van der Waals surface area contributed by atoms with Gasteiger partial charge in [-0.25, -0.2) is 8.42 Å². The van der Waals surface area contributed by atoms with Gasteiger partial charge in [0.05, 0.1) is 11.1 Å². The minimum Gasteiger partial charge on any atom is -0.361 e. The highest BCUT2D eigenvalue weighted by Gasteiger charge is 2.27. The van der Waals surface area contributed by atoms with Gasteiger partial charge in [0.2, 0.25) is 10.0 Å². The molecular formula is C24H25N3O2S. The van der Waals surface area contributed by atoms with E-state index in [0.29, 0.717) is 10.5 Å². The molecule has 4 aromatic rings. The Labute approximate surface area is 176 Å². The summed E-state index contributed by atoms with van der Waals surface area (Å²) in [4.78, 5) is 5.76. The molecule has 0 saturated carbocycles. The number of fused-ring (bicyclic) bond motifs is 2. The Morgan fingerprint density at radius 2 is 1.73 bits per heavy atom. The van der Waals surface area contributed by atoms with Gasteiger partial charge in [-0.05, 0) is 61.3 Å². The molecule has 0 radical (unpaired) electrons. The van der Waals surface area contributed by atoms with E-state index in [4.69, 9.17) is 0 Å². The fourth-order valence-corrected chi connectivity index (χ4v) is 6.13. The second-order valence-corrected chi connectivity index (χ2v) is 9.63. The van der Waals surface area contributed by atoms with E-state index >= 15 is 0 Å². The lowest BCUT2D eigenvalue weighted by molar-refractivity contribution is 0.247. The highest BCUT2D eigenvalue weighted by Crippen LogP contribution is 2.35. The van der Waals surface area contributed by atoms with E-state index in [9.17, 15) is 8.42 Å². The Morgan fingerprint density at radius 3 is 2.57 bits per heavy atom. The Bertz CT molecular complexity index is 1320. The third-order valence-electron chi connectivity index (χ3n) is 6.03. The van der Waals surface area contributed by atoms with Gasteiger partial charge in [-0.2, -0.15) is 4.72 Å². The Morgan fingerprint density at radius 1 is 0.967 bits per heavy atom. The van der Waals surface area contributed by atoms with E-state index in [1.165, 1.54) is 0 Å². The highest BCUT2D eigenvalue weighted by atomic mass is 32.2. The van der Waals surface area contributed by atoms with Crippen LogP contribution < -0.4 is 4.72 Å². The third-order valence-corrected chi connectivity index (χ3v) is 7.66. The number of H-pyrrole nitrogens is 1. The quantitative estimate of drug-likeness (QED) is 0.492. The number of sulfonamides is 1. The fraction of sp³-hybridized carbons (Fsp3) is 0.250. The van der Waals surface area contributed by atoms with Crippen LogP contribution in [0.4, 0.5) is 0 Å². The molecule has 2 N–H and O–H groups in total. The van der Waals surface area contributed by atoms with Crippen molar-refractivity contribution in [3.05, 3.63) is 66.9 Å². The summed E-state index contributed by atoms with van der Waals surface area (Å²) >= 11 is 0. The predicted octanol–water partition coefficient (Wildman–Crippen LogP) is 4.71. The van der Waals surface area contributed by atoms with Crippen LogP contribution >= 0.6 is 0 Å². The van der Waals surface area contributed by atoms with Crippen LogP contribution in [0.5, 0.6) is 0 Å². The Balaban J connectivity index is 1.67. The lowest BCUT2D eigenvalue weighted by Gasteiger charge is -2.25. The van der Waals surface area contributed by atoms with Gasteiger partial charge in [-0.3, -0.25) is 4.90 Å². The van der Waals surface area contributed by atoms with Crippen LogP contribution in [0.25, 0.3) is 32.8 Å². The molecule has 3 aromatic carbocycles. The first-order valence-electron chi connectivity index (χ1n) is 10.4.